The largest absolute Gasteiger partial charge is 0.489 e. The monoisotopic (exact) mass is 395 g/mol. The average molecular weight is 396 g/mol. The quantitative estimate of drug-likeness (QED) is 0.604. The predicted molar refractivity (Wildman–Crippen MR) is 109 cm³/mol. The van der Waals surface area contributed by atoms with Crippen molar-refractivity contribution in [1.29, 1.82) is 0 Å². The molecule has 4 saturated carbocycles. The molecule has 4 aliphatic carbocycles. The fourth-order valence-corrected chi connectivity index (χ4v) is 7.62. The van der Waals surface area contributed by atoms with Gasteiger partial charge in [0.2, 0.25) is 0 Å². The van der Waals surface area contributed by atoms with Crippen molar-refractivity contribution in [1.82, 2.24) is 5.32 Å². The van der Waals surface area contributed by atoms with E-state index in [-0.39, 0.29) is 11.6 Å². The highest BCUT2D eigenvalue weighted by Gasteiger charge is 2.59. The Hall–Kier alpha value is -0.440. The van der Waals surface area contributed by atoms with Gasteiger partial charge in [-0.05, 0) is 81.3 Å². The second kappa shape index (κ2) is 6.29. The van der Waals surface area contributed by atoms with Gasteiger partial charge in [0.15, 0.2) is 0 Å². The van der Waals surface area contributed by atoms with E-state index >= 15 is 0 Å². The summed E-state index contributed by atoms with van der Waals surface area (Å²) in [5.74, 6) is 1.66. The zero-order valence-electron chi connectivity index (χ0n) is 16.4. The molecule has 1 aromatic rings. The Labute approximate surface area is 168 Å². The molecule has 1 aromatic carbocycles. The maximum atomic E-state index is 6.44. The van der Waals surface area contributed by atoms with Gasteiger partial charge in [-0.1, -0.05) is 37.0 Å². The highest BCUT2D eigenvalue weighted by molar-refractivity contribution is 6.35. The SMILES string of the molecule is CC(C)Oc1c(Cl)cc(Cl)cc1CNC12CC3CC(C)(CC(C)(C3)C1)C2. The normalized spacial score (nSPS) is 38.2. The number of nitrogens with one attached hydrogen (secondary N) is 1. The molecule has 144 valence electrons. The first-order valence-corrected chi connectivity index (χ1v) is 10.7. The minimum absolute atomic E-state index is 0.0878. The molecule has 0 radical (unpaired) electrons. The van der Waals surface area contributed by atoms with Crippen LogP contribution in [0.1, 0.15) is 71.8 Å². The van der Waals surface area contributed by atoms with Crippen LogP contribution >= 0.6 is 23.2 Å². The van der Waals surface area contributed by atoms with Crippen molar-refractivity contribution in [3.63, 3.8) is 0 Å². The van der Waals surface area contributed by atoms with Crippen LogP contribution in [0.2, 0.25) is 10.0 Å². The van der Waals surface area contributed by atoms with Crippen molar-refractivity contribution < 1.29 is 4.74 Å². The third-order valence-electron chi connectivity index (χ3n) is 6.72. The predicted octanol–water partition coefficient (Wildman–Crippen LogP) is 6.62. The van der Waals surface area contributed by atoms with E-state index in [0.717, 1.165) is 23.8 Å². The first-order valence-electron chi connectivity index (χ1n) is 9.99. The van der Waals surface area contributed by atoms with Gasteiger partial charge in [0.25, 0.3) is 0 Å². The van der Waals surface area contributed by atoms with Crippen LogP contribution in [0.25, 0.3) is 0 Å². The van der Waals surface area contributed by atoms with Gasteiger partial charge in [-0.3, -0.25) is 0 Å². The minimum Gasteiger partial charge on any atom is -0.489 e. The number of halogens is 2. The van der Waals surface area contributed by atoms with Gasteiger partial charge in [0.05, 0.1) is 11.1 Å². The molecule has 0 saturated heterocycles. The molecule has 0 aromatic heterocycles. The van der Waals surface area contributed by atoms with Crippen LogP contribution in [0.5, 0.6) is 5.75 Å². The summed E-state index contributed by atoms with van der Waals surface area (Å²) in [7, 11) is 0. The summed E-state index contributed by atoms with van der Waals surface area (Å²) in [6.07, 6.45) is 8.21. The van der Waals surface area contributed by atoms with E-state index < -0.39 is 0 Å². The Kier molecular flexibility index (Phi) is 4.57. The second-order valence-electron chi connectivity index (χ2n) is 10.3. The number of ether oxygens (including phenoxy) is 1. The fourth-order valence-electron chi connectivity index (χ4n) is 7.04. The van der Waals surface area contributed by atoms with Crippen LogP contribution in [0.4, 0.5) is 0 Å². The summed E-state index contributed by atoms with van der Waals surface area (Å²) in [6.45, 7) is 9.85. The third-order valence-corrected chi connectivity index (χ3v) is 7.22. The van der Waals surface area contributed by atoms with Gasteiger partial charge >= 0.3 is 0 Å². The Morgan fingerprint density at radius 2 is 1.73 bits per heavy atom. The molecule has 0 amide bonds. The summed E-state index contributed by atoms with van der Waals surface area (Å²) in [4.78, 5) is 0. The maximum absolute atomic E-state index is 6.44. The van der Waals surface area contributed by atoms with E-state index in [1.54, 1.807) is 6.07 Å². The molecule has 0 spiro atoms. The smallest absolute Gasteiger partial charge is 0.142 e. The second-order valence-corrected chi connectivity index (χ2v) is 11.2. The first kappa shape index (κ1) is 18.9. The lowest BCUT2D eigenvalue weighted by atomic mass is 9.43. The molecule has 4 bridgehead atoms. The highest BCUT2D eigenvalue weighted by atomic mass is 35.5. The summed E-state index contributed by atoms with van der Waals surface area (Å²) in [6, 6.07) is 3.78. The van der Waals surface area contributed by atoms with E-state index in [2.05, 4.69) is 19.2 Å². The van der Waals surface area contributed by atoms with Crippen LogP contribution in [0.3, 0.4) is 0 Å². The number of hydrogen-bond donors (Lipinski definition) is 1. The fraction of sp³-hybridized carbons (Fsp3) is 0.727. The zero-order chi connectivity index (χ0) is 18.7. The van der Waals surface area contributed by atoms with E-state index in [9.17, 15) is 0 Å². The molecule has 2 unspecified atom stereocenters. The topological polar surface area (TPSA) is 21.3 Å². The minimum atomic E-state index is 0.0878. The molecule has 0 heterocycles. The maximum Gasteiger partial charge on any atom is 0.142 e. The van der Waals surface area contributed by atoms with Crippen LogP contribution in [0.15, 0.2) is 12.1 Å². The molecule has 0 aliphatic heterocycles. The van der Waals surface area contributed by atoms with Gasteiger partial charge in [-0.25, -0.2) is 0 Å². The Bertz CT molecular complexity index is 698. The van der Waals surface area contributed by atoms with Gasteiger partial charge in [0.1, 0.15) is 5.75 Å². The lowest BCUT2D eigenvalue weighted by molar-refractivity contribution is -0.118. The van der Waals surface area contributed by atoms with Crippen molar-refractivity contribution in [3.8, 4) is 5.75 Å². The summed E-state index contributed by atoms with van der Waals surface area (Å²) in [5, 5.41) is 5.24. The van der Waals surface area contributed by atoms with Crippen molar-refractivity contribution in [3.05, 3.63) is 27.7 Å². The molecule has 4 heteroatoms. The van der Waals surface area contributed by atoms with Crippen LogP contribution < -0.4 is 10.1 Å². The van der Waals surface area contributed by atoms with E-state index in [1.165, 1.54) is 38.5 Å². The van der Waals surface area contributed by atoms with Gasteiger partial charge in [-0.15, -0.1) is 0 Å². The highest BCUT2D eigenvalue weighted by Crippen LogP contribution is 2.66. The molecule has 5 rings (SSSR count). The molecule has 1 N–H and O–H groups in total. The molecule has 2 atom stereocenters. The van der Waals surface area contributed by atoms with Crippen molar-refractivity contribution in [2.24, 2.45) is 16.7 Å². The van der Waals surface area contributed by atoms with E-state index in [4.69, 9.17) is 27.9 Å². The van der Waals surface area contributed by atoms with E-state index in [1.807, 2.05) is 19.9 Å². The lowest BCUT2D eigenvalue weighted by Gasteiger charge is -2.65. The molecule has 4 aliphatic rings. The van der Waals surface area contributed by atoms with Gasteiger partial charge < -0.3 is 10.1 Å². The summed E-state index contributed by atoms with van der Waals surface area (Å²) < 4.78 is 6.01. The van der Waals surface area contributed by atoms with Crippen LogP contribution in [0, 0.1) is 16.7 Å². The Morgan fingerprint density at radius 1 is 1.08 bits per heavy atom. The van der Waals surface area contributed by atoms with Gasteiger partial charge in [-0.2, -0.15) is 0 Å². The molecule has 2 nitrogen and oxygen atoms in total. The van der Waals surface area contributed by atoms with E-state index in [0.29, 0.717) is 20.9 Å². The zero-order valence-corrected chi connectivity index (χ0v) is 17.9. The molecule has 26 heavy (non-hydrogen) atoms. The standard InChI is InChI=1S/C22H31Cl2NO/c1-14(2)26-19-16(5-17(23)6-18(19)24)10-25-22-9-15-7-20(3,12-22)11-21(4,8-15)13-22/h5-6,14-15,25H,7-13H2,1-4H3. The third kappa shape index (κ3) is 3.50. The number of hydrogen-bond acceptors (Lipinski definition) is 2. The average Bonchev–Trinajstić information content (AvgIpc) is 2.44. The number of rotatable bonds is 5. The van der Waals surface area contributed by atoms with Crippen molar-refractivity contribution in [2.45, 2.75) is 84.4 Å². The summed E-state index contributed by atoms with van der Waals surface area (Å²) in [5.41, 5.74) is 2.34. The molecular formula is C22H31Cl2NO. The van der Waals surface area contributed by atoms with Gasteiger partial charge in [0, 0.05) is 22.7 Å². The molecular weight excluding hydrogens is 365 g/mol. The van der Waals surface area contributed by atoms with Crippen molar-refractivity contribution >= 4 is 23.2 Å². The number of benzene rings is 1. The molecule has 4 fully saturated rings. The summed E-state index contributed by atoms with van der Waals surface area (Å²) >= 11 is 12.7. The van der Waals surface area contributed by atoms with Crippen LogP contribution in [-0.4, -0.2) is 11.6 Å². The lowest BCUT2D eigenvalue weighted by Crippen LogP contribution is -2.63. The van der Waals surface area contributed by atoms with Crippen molar-refractivity contribution in [2.75, 3.05) is 0 Å². The first-order chi connectivity index (χ1) is 12.1. The van der Waals surface area contributed by atoms with Crippen LogP contribution in [-0.2, 0) is 6.54 Å². The Balaban J connectivity index is 1.58. The Morgan fingerprint density at radius 3 is 2.31 bits per heavy atom.